The van der Waals surface area contributed by atoms with Crippen molar-refractivity contribution in [3.8, 4) is 0 Å². The van der Waals surface area contributed by atoms with Crippen LogP contribution in [0.2, 0.25) is 0 Å². The number of hydrogen-bond donors (Lipinski definition) is 1. The number of amides is 1. The van der Waals surface area contributed by atoms with Crippen LogP contribution in [0.25, 0.3) is 0 Å². The van der Waals surface area contributed by atoms with E-state index in [2.05, 4.69) is 5.32 Å². The van der Waals surface area contributed by atoms with Crippen LogP contribution < -0.4 is 5.32 Å². The maximum atomic E-state index is 13.1. The van der Waals surface area contributed by atoms with Gasteiger partial charge in [-0.05, 0) is 19.3 Å². The van der Waals surface area contributed by atoms with E-state index in [0.29, 0.717) is 19.4 Å². The fourth-order valence-corrected chi connectivity index (χ4v) is 1.81. The third-order valence-corrected chi connectivity index (χ3v) is 2.79. The van der Waals surface area contributed by atoms with E-state index in [-0.39, 0.29) is 6.42 Å². The maximum Gasteiger partial charge on any atom is 0.407 e. The highest BCUT2D eigenvalue weighted by atomic mass is 19.3. The lowest BCUT2D eigenvalue weighted by Crippen LogP contribution is -2.44. The summed E-state index contributed by atoms with van der Waals surface area (Å²) >= 11 is 0. The summed E-state index contributed by atoms with van der Waals surface area (Å²) in [4.78, 5) is 11.2. The number of carbonyl (C=O) groups excluding carboxylic acids is 1. The number of unbranched alkanes of at least 4 members (excludes halogenated alkanes) is 2. The van der Waals surface area contributed by atoms with Gasteiger partial charge in [0.25, 0.3) is 5.92 Å². The molecule has 1 amide bonds. The normalized spacial score (nSPS) is 23.1. The number of halogens is 2. The second-order valence-electron chi connectivity index (χ2n) is 4.19. The van der Waals surface area contributed by atoms with Crippen molar-refractivity contribution in [1.82, 2.24) is 5.32 Å². The molecule has 5 heteroatoms. The van der Waals surface area contributed by atoms with Gasteiger partial charge < -0.3 is 10.1 Å². The smallest absolute Gasteiger partial charge is 0.407 e. The van der Waals surface area contributed by atoms with E-state index in [9.17, 15) is 13.6 Å². The molecule has 0 aromatic carbocycles. The van der Waals surface area contributed by atoms with Crippen molar-refractivity contribution in [2.24, 2.45) is 0 Å². The second-order valence-corrected chi connectivity index (χ2v) is 4.19. The van der Waals surface area contributed by atoms with Crippen LogP contribution in [0.3, 0.4) is 0 Å². The predicted molar refractivity (Wildman–Crippen MR) is 56.6 cm³/mol. The minimum atomic E-state index is -2.78. The van der Waals surface area contributed by atoms with Crippen molar-refractivity contribution in [2.75, 3.05) is 6.61 Å². The third-order valence-electron chi connectivity index (χ3n) is 2.79. The van der Waals surface area contributed by atoms with Crippen LogP contribution in [-0.4, -0.2) is 24.7 Å². The molecular formula is C11H19F2NO2. The molecule has 1 saturated carbocycles. The minimum Gasteiger partial charge on any atom is -0.450 e. The molecule has 1 unspecified atom stereocenters. The van der Waals surface area contributed by atoms with Crippen LogP contribution in [0.5, 0.6) is 0 Å². The van der Waals surface area contributed by atoms with Gasteiger partial charge in [0.2, 0.25) is 0 Å². The number of rotatable bonds is 5. The van der Waals surface area contributed by atoms with Gasteiger partial charge in [0.15, 0.2) is 0 Å². The van der Waals surface area contributed by atoms with Gasteiger partial charge in [0.05, 0.1) is 12.6 Å². The van der Waals surface area contributed by atoms with Crippen LogP contribution >= 0.6 is 0 Å². The summed E-state index contributed by atoms with van der Waals surface area (Å²) in [5.41, 5.74) is 0. The zero-order valence-electron chi connectivity index (χ0n) is 9.60. The maximum absolute atomic E-state index is 13.1. The third kappa shape index (κ3) is 3.94. The summed E-state index contributed by atoms with van der Waals surface area (Å²) in [7, 11) is 0. The minimum absolute atomic E-state index is 0.145. The molecule has 1 aliphatic rings. The highest BCUT2D eigenvalue weighted by Crippen LogP contribution is 2.34. The van der Waals surface area contributed by atoms with Gasteiger partial charge in [-0.25, -0.2) is 13.6 Å². The first-order valence-corrected chi connectivity index (χ1v) is 5.87. The molecule has 3 nitrogen and oxygen atoms in total. The van der Waals surface area contributed by atoms with Crippen LogP contribution in [0.15, 0.2) is 0 Å². The van der Waals surface area contributed by atoms with Crippen LogP contribution in [0.4, 0.5) is 13.6 Å². The predicted octanol–water partition coefficient (Wildman–Crippen LogP) is 3.09. The molecule has 1 aliphatic carbocycles. The number of nitrogens with one attached hydrogen (secondary N) is 1. The number of hydrogen-bond acceptors (Lipinski definition) is 2. The Labute approximate surface area is 94.5 Å². The van der Waals surface area contributed by atoms with Gasteiger partial charge >= 0.3 is 6.09 Å². The molecule has 0 aromatic heterocycles. The first-order chi connectivity index (χ1) is 7.56. The summed E-state index contributed by atoms with van der Waals surface area (Å²) in [5, 5.41) is 2.23. The van der Waals surface area contributed by atoms with E-state index in [1.807, 2.05) is 6.92 Å². The molecule has 0 aliphatic heterocycles. The number of alkyl carbamates (subject to hydrolysis) is 1. The number of carbonyl (C=O) groups is 1. The van der Waals surface area contributed by atoms with Gasteiger partial charge in [0.1, 0.15) is 0 Å². The molecule has 0 spiro atoms. The molecule has 0 heterocycles. The van der Waals surface area contributed by atoms with E-state index in [0.717, 1.165) is 19.3 Å². The fourth-order valence-electron chi connectivity index (χ4n) is 1.81. The topological polar surface area (TPSA) is 38.3 Å². The van der Waals surface area contributed by atoms with Crippen LogP contribution in [0, 0.1) is 0 Å². The monoisotopic (exact) mass is 235 g/mol. The molecule has 1 rings (SSSR count). The SMILES string of the molecule is CCCCCOC(=O)NC1CCCC1(F)F. The van der Waals surface area contributed by atoms with Gasteiger partial charge in [0, 0.05) is 6.42 Å². The molecule has 0 aromatic rings. The quantitative estimate of drug-likeness (QED) is 0.743. The molecular weight excluding hydrogens is 216 g/mol. The molecule has 16 heavy (non-hydrogen) atoms. The van der Waals surface area contributed by atoms with Crippen LogP contribution in [-0.2, 0) is 4.74 Å². The first-order valence-electron chi connectivity index (χ1n) is 5.87. The standard InChI is InChI=1S/C11H19F2NO2/c1-2-3-4-8-16-10(15)14-9-6-5-7-11(9,12)13/h9H,2-8H2,1H3,(H,14,15). The Bertz CT molecular complexity index is 234. The van der Waals surface area contributed by atoms with E-state index in [1.165, 1.54) is 0 Å². The number of alkyl halides is 2. The van der Waals surface area contributed by atoms with E-state index in [4.69, 9.17) is 4.74 Å². The van der Waals surface area contributed by atoms with E-state index in [1.54, 1.807) is 0 Å². The van der Waals surface area contributed by atoms with Crippen LogP contribution in [0.1, 0.15) is 45.4 Å². The Balaban J connectivity index is 2.19. The summed E-state index contributed by atoms with van der Waals surface area (Å²) in [5.74, 6) is -2.78. The molecule has 0 bridgehead atoms. The van der Waals surface area contributed by atoms with Crippen molar-refractivity contribution >= 4 is 6.09 Å². The molecule has 94 valence electrons. The number of ether oxygens (including phenoxy) is 1. The summed E-state index contributed by atoms with van der Waals surface area (Å²) < 4.78 is 31.1. The average molecular weight is 235 g/mol. The van der Waals surface area contributed by atoms with E-state index < -0.39 is 18.1 Å². The Morgan fingerprint density at radius 2 is 2.25 bits per heavy atom. The zero-order chi connectivity index (χ0) is 12.0. The largest absolute Gasteiger partial charge is 0.450 e. The summed E-state index contributed by atoms with van der Waals surface area (Å²) in [6.07, 6.45) is 2.71. The highest BCUT2D eigenvalue weighted by molar-refractivity contribution is 5.67. The van der Waals surface area contributed by atoms with Gasteiger partial charge in [-0.3, -0.25) is 0 Å². The second kappa shape index (κ2) is 6.01. The Morgan fingerprint density at radius 3 is 2.81 bits per heavy atom. The van der Waals surface area contributed by atoms with Crippen molar-refractivity contribution < 1.29 is 18.3 Å². The van der Waals surface area contributed by atoms with Gasteiger partial charge in [-0.1, -0.05) is 19.8 Å². The van der Waals surface area contributed by atoms with Crippen molar-refractivity contribution in [2.45, 2.75) is 57.4 Å². The van der Waals surface area contributed by atoms with Gasteiger partial charge in [-0.15, -0.1) is 0 Å². The summed E-state index contributed by atoms with van der Waals surface area (Å²) in [6, 6.07) is -1.05. The average Bonchev–Trinajstić information content (AvgIpc) is 2.53. The van der Waals surface area contributed by atoms with Crippen molar-refractivity contribution in [3.63, 3.8) is 0 Å². The molecule has 1 N–H and O–H groups in total. The summed E-state index contributed by atoms with van der Waals surface area (Å²) in [6.45, 7) is 2.34. The van der Waals surface area contributed by atoms with Gasteiger partial charge in [-0.2, -0.15) is 0 Å². The molecule has 1 fully saturated rings. The Kier molecular flexibility index (Phi) is 4.96. The fraction of sp³-hybridized carbons (Fsp3) is 0.909. The Morgan fingerprint density at radius 1 is 1.50 bits per heavy atom. The first kappa shape index (κ1) is 13.2. The highest BCUT2D eigenvalue weighted by Gasteiger charge is 2.44. The van der Waals surface area contributed by atoms with E-state index >= 15 is 0 Å². The van der Waals surface area contributed by atoms with Crippen molar-refractivity contribution in [1.29, 1.82) is 0 Å². The molecule has 1 atom stereocenters. The lowest BCUT2D eigenvalue weighted by Gasteiger charge is -2.19. The lowest BCUT2D eigenvalue weighted by atomic mass is 10.2. The zero-order valence-corrected chi connectivity index (χ0v) is 9.60. The molecule has 0 saturated heterocycles. The lowest BCUT2D eigenvalue weighted by molar-refractivity contribution is -0.0179. The molecule has 0 radical (unpaired) electrons. The van der Waals surface area contributed by atoms with Crippen molar-refractivity contribution in [3.05, 3.63) is 0 Å². The Hall–Kier alpha value is -0.870.